The fourth-order valence-corrected chi connectivity index (χ4v) is 4.95. The zero-order valence-electron chi connectivity index (χ0n) is 20.7. The largest absolute Gasteiger partial charge is 0.494 e. The highest BCUT2D eigenvalue weighted by Gasteiger charge is 2.60. The highest BCUT2D eigenvalue weighted by Crippen LogP contribution is 2.50. The Morgan fingerprint density at radius 1 is 1.10 bits per heavy atom. The highest BCUT2D eigenvalue weighted by molar-refractivity contribution is 7.16. The lowest BCUT2D eigenvalue weighted by molar-refractivity contribution is -0.201. The maximum absolute atomic E-state index is 14.8. The van der Waals surface area contributed by atoms with Crippen LogP contribution in [0.2, 0.25) is 0 Å². The number of aromatic amines is 1. The van der Waals surface area contributed by atoms with Gasteiger partial charge in [-0.2, -0.15) is 26.3 Å². The van der Waals surface area contributed by atoms with Crippen molar-refractivity contribution in [1.82, 2.24) is 30.9 Å². The van der Waals surface area contributed by atoms with Crippen LogP contribution in [-0.2, 0) is 10.3 Å². The van der Waals surface area contributed by atoms with Crippen LogP contribution in [0.25, 0.3) is 11.1 Å². The van der Waals surface area contributed by atoms with Gasteiger partial charge in [0.1, 0.15) is 15.8 Å². The van der Waals surface area contributed by atoms with E-state index in [2.05, 4.69) is 30.9 Å². The van der Waals surface area contributed by atoms with Crippen molar-refractivity contribution in [2.75, 3.05) is 25.6 Å². The van der Waals surface area contributed by atoms with Crippen molar-refractivity contribution in [2.24, 2.45) is 0 Å². The minimum Gasteiger partial charge on any atom is -0.494 e. The van der Waals surface area contributed by atoms with Crippen molar-refractivity contribution in [3.05, 3.63) is 46.9 Å². The third-order valence-corrected chi connectivity index (χ3v) is 7.25. The summed E-state index contributed by atoms with van der Waals surface area (Å²) in [5.74, 6) is -0.960. The predicted molar refractivity (Wildman–Crippen MR) is 130 cm³/mol. The number of thiazole rings is 1. The SMILES string of the molecule is CN(C)c1cnc(C2=C(c3nnn[nH]3)C(=O)NC(c3ccc(OCCCCC(F)(F)F)cc3)(C(F)(F)F)C2)s1. The molecule has 0 bridgehead atoms. The van der Waals surface area contributed by atoms with Crippen LogP contribution >= 0.6 is 11.3 Å². The van der Waals surface area contributed by atoms with E-state index in [-0.39, 0.29) is 52.7 Å². The second-order valence-corrected chi connectivity index (χ2v) is 9.99. The number of unbranched alkanes of at least 4 members (excludes halogenated alkanes) is 1. The number of ether oxygens (including phenoxy) is 1. The molecule has 1 atom stereocenters. The van der Waals surface area contributed by atoms with E-state index in [1.54, 1.807) is 19.0 Å². The number of rotatable bonds is 9. The first-order valence-corrected chi connectivity index (χ1v) is 12.4. The average Bonchev–Trinajstić information content (AvgIpc) is 3.55. The maximum Gasteiger partial charge on any atom is 0.416 e. The normalized spacial score (nSPS) is 18.3. The lowest BCUT2D eigenvalue weighted by Crippen LogP contribution is -2.58. The molecule has 0 spiro atoms. The molecule has 1 aliphatic rings. The average molecular weight is 576 g/mol. The quantitative estimate of drug-likeness (QED) is 0.281. The first kappa shape index (κ1) is 28.3. The summed E-state index contributed by atoms with van der Waals surface area (Å²) < 4.78 is 86.6. The number of carbonyl (C=O) groups is 1. The maximum atomic E-state index is 14.8. The van der Waals surface area contributed by atoms with Gasteiger partial charge >= 0.3 is 12.4 Å². The van der Waals surface area contributed by atoms with Crippen molar-refractivity contribution in [2.45, 2.75) is 43.6 Å². The fraction of sp³-hybridized carbons (Fsp3) is 0.435. The van der Waals surface area contributed by atoms with Crippen LogP contribution in [0.4, 0.5) is 31.3 Å². The molecule has 4 rings (SSSR count). The number of amides is 1. The molecule has 0 saturated heterocycles. The number of tetrazole rings is 1. The van der Waals surface area contributed by atoms with E-state index in [0.717, 1.165) is 11.3 Å². The number of carbonyl (C=O) groups excluding carboxylic acids is 1. The van der Waals surface area contributed by atoms with Crippen LogP contribution in [0.1, 0.15) is 42.1 Å². The fourth-order valence-electron chi connectivity index (χ4n) is 4.06. The number of nitrogens with zero attached hydrogens (tertiary/aromatic N) is 5. The molecule has 1 amide bonds. The molecule has 1 aliphatic heterocycles. The molecule has 1 aromatic carbocycles. The number of hydrogen-bond acceptors (Lipinski definition) is 8. The monoisotopic (exact) mass is 575 g/mol. The van der Waals surface area contributed by atoms with Gasteiger partial charge in [-0.3, -0.25) is 4.79 Å². The van der Waals surface area contributed by atoms with Crippen LogP contribution in [-0.4, -0.2) is 64.6 Å². The van der Waals surface area contributed by atoms with E-state index in [4.69, 9.17) is 4.74 Å². The minimum absolute atomic E-state index is 0.0118. The molecule has 0 radical (unpaired) electrons. The van der Waals surface area contributed by atoms with Gasteiger partial charge in [-0.15, -0.1) is 5.10 Å². The van der Waals surface area contributed by atoms with Crippen molar-refractivity contribution in [3.63, 3.8) is 0 Å². The molecule has 1 unspecified atom stereocenters. The van der Waals surface area contributed by atoms with Crippen molar-refractivity contribution < 1.29 is 35.9 Å². The number of nitrogens with one attached hydrogen (secondary N) is 2. The van der Waals surface area contributed by atoms with Gasteiger partial charge in [-0.1, -0.05) is 23.5 Å². The molecule has 0 aliphatic carbocycles. The Morgan fingerprint density at radius 2 is 1.82 bits per heavy atom. The topological polar surface area (TPSA) is 109 Å². The Labute approximate surface area is 222 Å². The molecule has 3 aromatic rings. The molecule has 16 heteroatoms. The molecule has 210 valence electrons. The van der Waals surface area contributed by atoms with E-state index in [9.17, 15) is 31.1 Å². The Kier molecular flexibility index (Phi) is 7.86. The zero-order valence-corrected chi connectivity index (χ0v) is 21.5. The van der Waals surface area contributed by atoms with Crippen LogP contribution in [0, 0.1) is 0 Å². The van der Waals surface area contributed by atoms with Gasteiger partial charge in [0.15, 0.2) is 11.4 Å². The summed E-state index contributed by atoms with van der Waals surface area (Å²) >= 11 is 1.11. The summed E-state index contributed by atoms with van der Waals surface area (Å²) in [5, 5.41) is 16.0. The lowest BCUT2D eigenvalue weighted by atomic mass is 9.78. The van der Waals surface area contributed by atoms with Gasteiger partial charge in [0.25, 0.3) is 5.91 Å². The third-order valence-electron chi connectivity index (χ3n) is 6.03. The summed E-state index contributed by atoms with van der Waals surface area (Å²) in [6, 6.07) is 4.91. The van der Waals surface area contributed by atoms with Crippen molar-refractivity contribution in [1.29, 1.82) is 0 Å². The standard InChI is InChI=1S/C23H23F6N7O2S/c1-36(2)16-12-30-20(39-16)15-11-21(23(27,28)29,31-19(37)17(15)18-32-34-35-33-18)13-5-7-14(8-6-13)38-10-4-3-9-22(24,25)26/h5-8,12H,3-4,9-11H2,1-2H3,(H,31,37)(H,32,33,34,35). The zero-order chi connectivity index (χ0) is 28.4. The second kappa shape index (κ2) is 10.8. The Bertz CT molecular complexity index is 1320. The van der Waals surface area contributed by atoms with E-state index in [1.807, 2.05) is 0 Å². The van der Waals surface area contributed by atoms with Crippen LogP contribution in [0.3, 0.4) is 0 Å². The van der Waals surface area contributed by atoms with Crippen molar-refractivity contribution in [3.8, 4) is 5.75 Å². The van der Waals surface area contributed by atoms with Gasteiger partial charge < -0.3 is 15.0 Å². The molecular formula is C23H23F6N7O2S. The van der Waals surface area contributed by atoms with E-state index in [1.165, 1.54) is 30.5 Å². The molecule has 9 nitrogen and oxygen atoms in total. The summed E-state index contributed by atoms with van der Waals surface area (Å²) in [5.41, 5.74) is -3.22. The molecule has 2 aromatic heterocycles. The molecule has 3 heterocycles. The van der Waals surface area contributed by atoms with Gasteiger partial charge in [0.05, 0.1) is 18.4 Å². The molecule has 0 saturated carbocycles. The number of alkyl halides is 6. The van der Waals surface area contributed by atoms with E-state index < -0.39 is 36.6 Å². The van der Waals surface area contributed by atoms with Gasteiger partial charge in [-0.05, 0) is 41.0 Å². The first-order valence-electron chi connectivity index (χ1n) is 11.6. The Morgan fingerprint density at radius 3 is 2.38 bits per heavy atom. The number of H-pyrrole nitrogens is 1. The Balaban J connectivity index is 1.66. The molecule has 39 heavy (non-hydrogen) atoms. The summed E-state index contributed by atoms with van der Waals surface area (Å²) in [6.45, 7) is -0.0315. The smallest absolute Gasteiger partial charge is 0.416 e. The minimum atomic E-state index is -4.93. The second-order valence-electron chi connectivity index (χ2n) is 8.98. The van der Waals surface area contributed by atoms with Crippen molar-refractivity contribution >= 4 is 33.4 Å². The number of aromatic nitrogens is 5. The molecular weight excluding hydrogens is 552 g/mol. The summed E-state index contributed by atoms with van der Waals surface area (Å²) in [7, 11) is 3.50. The van der Waals surface area contributed by atoms with Crippen LogP contribution in [0.5, 0.6) is 5.75 Å². The molecule has 2 N–H and O–H groups in total. The summed E-state index contributed by atoms with van der Waals surface area (Å²) in [4.78, 5) is 19.3. The first-order chi connectivity index (χ1) is 18.3. The van der Waals surface area contributed by atoms with Gasteiger partial charge in [0, 0.05) is 32.5 Å². The lowest BCUT2D eigenvalue weighted by Gasteiger charge is -2.40. The number of anilines is 1. The van der Waals surface area contributed by atoms with Gasteiger partial charge in [-0.25, -0.2) is 10.1 Å². The summed E-state index contributed by atoms with van der Waals surface area (Å²) in [6.07, 6.45) is -9.35. The number of benzene rings is 1. The third kappa shape index (κ3) is 6.15. The predicted octanol–water partition coefficient (Wildman–Crippen LogP) is 4.72. The van der Waals surface area contributed by atoms with Gasteiger partial charge in [0.2, 0.25) is 0 Å². The highest BCUT2D eigenvalue weighted by atomic mass is 32.1. The number of halogens is 6. The number of hydrogen-bond donors (Lipinski definition) is 2. The Hall–Kier alpha value is -3.69. The van der Waals surface area contributed by atoms with Crippen LogP contribution in [0.15, 0.2) is 30.5 Å². The van der Waals surface area contributed by atoms with Crippen LogP contribution < -0.4 is 15.0 Å². The van der Waals surface area contributed by atoms with E-state index in [0.29, 0.717) is 5.00 Å². The van der Waals surface area contributed by atoms with E-state index >= 15 is 0 Å². The molecule has 0 fully saturated rings.